The van der Waals surface area contributed by atoms with Gasteiger partial charge in [-0.25, -0.2) is 0 Å². The van der Waals surface area contributed by atoms with Gasteiger partial charge < -0.3 is 4.18 Å². The lowest BCUT2D eigenvalue weighted by Gasteiger charge is -2.42. The summed E-state index contributed by atoms with van der Waals surface area (Å²) < 4.78 is 27.8. The van der Waals surface area contributed by atoms with Gasteiger partial charge >= 0.3 is 10.1 Å². The van der Waals surface area contributed by atoms with E-state index in [2.05, 4.69) is 29.4 Å². The summed E-state index contributed by atoms with van der Waals surface area (Å²) in [6, 6.07) is 24.6. The third kappa shape index (κ3) is 5.34. The van der Waals surface area contributed by atoms with E-state index < -0.39 is 10.1 Å². The van der Waals surface area contributed by atoms with Crippen molar-refractivity contribution in [2.45, 2.75) is 31.6 Å². The number of hydrogen-bond donors (Lipinski definition) is 0. The van der Waals surface area contributed by atoms with E-state index in [1.54, 1.807) is 24.3 Å². The largest absolute Gasteiger partial charge is 0.383 e. The predicted octanol–water partition coefficient (Wildman–Crippen LogP) is 6.01. The van der Waals surface area contributed by atoms with Crippen LogP contribution >= 0.6 is 11.6 Å². The van der Waals surface area contributed by atoms with Gasteiger partial charge in [0.15, 0.2) is 0 Å². The van der Waals surface area contributed by atoms with Crippen molar-refractivity contribution in [3.63, 3.8) is 0 Å². The lowest BCUT2D eigenvalue weighted by atomic mass is 9.62. The summed E-state index contributed by atoms with van der Waals surface area (Å²) >= 11 is 6.09. The molecule has 0 saturated heterocycles. The Bertz CT molecular complexity index is 1280. The fourth-order valence-corrected chi connectivity index (χ4v) is 4.69. The molecule has 0 atom stereocenters. The van der Waals surface area contributed by atoms with Gasteiger partial charge in [-0.1, -0.05) is 60.5 Å². The molecule has 0 N–H and O–H groups in total. The fourth-order valence-electron chi connectivity index (χ4n) is 4.10. The molecule has 3 aromatic carbocycles. The highest BCUT2D eigenvalue weighted by Crippen LogP contribution is 2.45. The quantitative estimate of drug-likeness (QED) is 0.236. The van der Waals surface area contributed by atoms with Crippen LogP contribution in [0, 0.1) is 0 Å². The van der Waals surface area contributed by atoms with E-state index in [9.17, 15) is 8.42 Å². The second-order valence-corrected chi connectivity index (χ2v) is 10.3. The van der Waals surface area contributed by atoms with Gasteiger partial charge in [0.05, 0.1) is 6.26 Å². The number of halogens is 1. The molecule has 1 fully saturated rings. The Kier molecular flexibility index (Phi) is 6.68. The summed E-state index contributed by atoms with van der Waals surface area (Å²) in [4.78, 5) is 0. The first-order valence-electron chi connectivity index (χ1n) is 10.7. The summed E-state index contributed by atoms with van der Waals surface area (Å²) in [5.41, 5.74) is 4.47. The van der Waals surface area contributed by atoms with E-state index in [1.165, 1.54) is 5.56 Å². The van der Waals surface area contributed by atoms with Gasteiger partial charge in [0.2, 0.25) is 0 Å². The highest BCUT2D eigenvalue weighted by atomic mass is 35.5. The molecule has 5 nitrogen and oxygen atoms in total. The van der Waals surface area contributed by atoms with E-state index in [-0.39, 0.29) is 11.2 Å². The minimum absolute atomic E-state index is 0.0803. The van der Waals surface area contributed by atoms with Gasteiger partial charge in [-0.3, -0.25) is 0 Å². The van der Waals surface area contributed by atoms with E-state index >= 15 is 0 Å². The van der Waals surface area contributed by atoms with Crippen molar-refractivity contribution < 1.29 is 12.6 Å². The van der Waals surface area contributed by atoms with Crippen molar-refractivity contribution in [3.05, 3.63) is 101 Å². The normalized spacial score (nSPS) is 16.2. The zero-order chi connectivity index (χ0) is 23.5. The molecule has 0 aromatic heterocycles. The molecule has 0 bridgehead atoms. The second kappa shape index (κ2) is 9.49. The molecule has 3 aromatic rings. The number of rotatable bonds is 7. The van der Waals surface area contributed by atoms with Crippen LogP contribution in [0.25, 0.3) is 0 Å². The first-order valence-corrected chi connectivity index (χ1v) is 12.9. The lowest BCUT2D eigenvalue weighted by molar-refractivity contribution is 0.338. The Morgan fingerprint density at radius 3 is 1.97 bits per heavy atom. The Morgan fingerprint density at radius 2 is 1.45 bits per heavy atom. The van der Waals surface area contributed by atoms with E-state index in [0.717, 1.165) is 42.4 Å². The summed E-state index contributed by atoms with van der Waals surface area (Å²) in [7, 11) is -3.59. The van der Waals surface area contributed by atoms with Crippen LogP contribution in [0.5, 0.6) is 5.75 Å². The van der Waals surface area contributed by atoms with Gasteiger partial charge in [0, 0.05) is 27.3 Å². The van der Waals surface area contributed by atoms with Crippen molar-refractivity contribution in [1.29, 1.82) is 0 Å². The second-order valence-electron chi connectivity index (χ2n) is 8.25. The molecule has 4 rings (SSSR count). The van der Waals surface area contributed by atoms with Crippen LogP contribution < -0.4 is 4.18 Å². The van der Waals surface area contributed by atoms with Crippen molar-refractivity contribution in [3.8, 4) is 5.75 Å². The molecular formula is C26H25ClN2O3S. The van der Waals surface area contributed by atoms with Gasteiger partial charge in [-0.05, 0) is 61.7 Å². The average molecular weight is 481 g/mol. The Balaban J connectivity index is 1.73. The van der Waals surface area contributed by atoms with Crippen LogP contribution in [-0.4, -0.2) is 26.1 Å². The third-order valence-corrected chi connectivity index (χ3v) is 6.77. The maximum Gasteiger partial charge on any atom is 0.306 e. The Labute approximate surface area is 199 Å². The molecule has 170 valence electrons. The summed E-state index contributed by atoms with van der Waals surface area (Å²) in [6.45, 7) is 2.04. The highest BCUT2D eigenvalue weighted by molar-refractivity contribution is 7.86. The maximum absolute atomic E-state index is 11.4. The van der Waals surface area contributed by atoms with E-state index in [0.29, 0.717) is 10.7 Å². The molecule has 7 heteroatoms. The average Bonchev–Trinajstić information content (AvgIpc) is 2.75. The predicted molar refractivity (Wildman–Crippen MR) is 134 cm³/mol. The van der Waals surface area contributed by atoms with Gasteiger partial charge in [0.1, 0.15) is 11.5 Å². The van der Waals surface area contributed by atoms with E-state index in [1.807, 2.05) is 37.3 Å². The molecule has 0 amide bonds. The zero-order valence-corrected chi connectivity index (χ0v) is 20.1. The molecule has 0 radical (unpaired) electrons. The first-order chi connectivity index (χ1) is 15.8. The Hall–Kier alpha value is -2.96. The Morgan fingerprint density at radius 1 is 0.879 bits per heavy atom. The molecule has 1 saturated carbocycles. The lowest BCUT2D eigenvalue weighted by Crippen LogP contribution is -2.41. The van der Waals surface area contributed by atoms with Crippen molar-refractivity contribution in [2.75, 3.05) is 6.26 Å². The van der Waals surface area contributed by atoms with Crippen LogP contribution in [0.1, 0.15) is 42.9 Å². The molecule has 1 aliphatic carbocycles. The molecule has 33 heavy (non-hydrogen) atoms. The fraction of sp³-hybridized carbons (Fsp3) is 0.231. The standard InChI is InChI=1S/C26H25ClN2O3S/c1-19(26(17-6-18-26)22-7-4-3-5-8-22)28-29-25(20-9-13-23(27)14-10-20)21-11-15-24(16-12-21)32-33(2,30)31/h3-5,7-16H,6,17-18H2,1-2H3/b28-19-,29-25+. The molecule has 0 spiro atoms. The topological polar surface area (TPSA) is 68.1 Å². The molecule has 0 aliphatic heterocycles. The van der Waals surface area contributed by atoms with Crippen LogP contribution in [0.15, 0.2) is 89.1 Å². The van der Waals surface area contributed by atoms with Crippen molar-refractivity contribution in [2.24, 2.45) is 10.2 Å². The smallest absolute Gasteiger partial charge is 0.306 e. The molecule has 0 heterocycles. The van der Waals surface area contributed by atoms with E-state index in [4.69, 9.17) is 20.9 Å². The van der Waals surface area contributed by atoms with Gasteiger partial charge in [-0.15, -0.1) is 5.10 Å². The monoisotopic (exact) mass is 480 g/mol. The minimum Gasteiger partial charge on any atom is -0.383 e. The molecular weight excluding hydrogens is 456 g/mol. The summed E-state index contributed by atoms with van der Waals surface area (Å²) in [6.07, 6.45) is 4.28. The van der Waals surface area contributed by atoms with Crippen LogP contribution in [-0.2, 0) is 15.5 Å². The van der Waals surface area contributed by atoms with Gasteiger partial charge in [0.25, 0.3) is 0 Å². The van der Waals surface area contributed by atoms with Crippen molar-refractivity contribution >= 4 is 33.1 Å². The van der Waals surface area contributed by atoms with Crippen molar-refractivity contribution in [1.82, 2.24) is 0 Å². The molecule has 1 aliphatic rings. The zero-order valence-electron chi connectivity index (χ0n) is 18.5. The molecule has 0 unspecified atom stereocenters. The highest BCUT2D eigenvalue weighted by Gasteiger charge is 2.41. The van der Waals surface area contributed by atoms with Crippen LogP contribution in [0.2, 0.25) is 5.02 Å². The number of hydrogen-bond acceptors (Lipinski definition) is 5. The number of nitrogens with zero attached hydrogens (tertiary/aromatic N) is 2. The first kappa shape index (κ1) is 23.2. The summed E-state index contributed by atoms with van der Waals surface area (Å²) in [5.74, 6) is 0.244. The van der Waals surface area contributed by atoms with Crippen LogP contribution in [0.4, 0.5) is 0 Å². The number of benzene rings is 3. The van der Waals surface area contributed by atoms with Gasteiger partial charge in [-0.2, -0.15) is 13.5 Å². The third-order valence-electron chi connectivity index (χ3n) is 6.02. The van der Waals surface area contributed by atoms with Crippen LogP contribution in [0.3, 0.4) is 0 Å². The SMILES string of the molecule is C/C(=N/N=C(\c1ccc(Cl)cc1)c1ccc(OS(C)(=O)=O)cc1)C1(c2ccccc2)CCC1. The minimum atomic E-state index is -3.59. The summed E-state index contributed by atoms with van der Waals surface area (Å²) in [5, 5.41) is 10.0. The maximum atomic E-state index is 11.4.